The monoisotopic (exact) mass is 546 g/mol. The Hall–Kier alpha value is -3.15. The third-order valence-corrected chi connectivity index (χ3v) is 7.58. The molecule has 0 radical (unpaired) electrons. The molecule has 1 unspecified atom stereocenters. The predicted octanol–water partition coefficient (Wildman–Crippen LogP) is 2.67. The van der Waals surface area contributed by atoms with Crippen LogP contribution < -0.4 is 16.0 Å². The summed E-state index contributed by atoms with van der Waals surface area (Å²) in [5, 5.41) is 3.50. The highest BCUT2D eigenvalue weighted by Crippen LogP contribution is 2.33. The summed E-state index contributed by atoms with van der Waals surface area (Å²) in [6, 6.07) is 5.27. The van der Waals surface area contributed by atoms with Crippen molar-refractivity contribution in [1.29, 1.82) is 0 Å². The molecule has 1 aliphatic carbocycles. The van der Waals surface area contributed by atoms with Gasteiger partial charge in [-0.1, -0.05) is 11.6 Å². The summed E-state index contributed by atoms with van der Waals surface area (Å²) < 4.78 is 10.7. The van der Waals surface area contributed by atoms with E-state index in [1.54, 1.807) is 18.1 Å². The van der Waals surface area contributed by atoms with Crippen molar-refractivity contribution in [2.45, 2.75) is 44.7 Å². The topological polar surface area (TPSA) is 143 Å². The number of imidazole rings is 1. The number of carbonyl (C=O) groups excluding carboxylic acids is 3. The molecule has 2 fully saturated rings. The second-order valence-corrected chi connectivity index (χ2v) is 10.2. The van der Waals surface area contributed by atoms with Gasteiger partial charge in [0.1, 0.15) is 5.69 Å². The Morgan fingerprint density at radius 1 is 1.26 bits per heavy atom. The van der Waals surface area contributed by atoms with Crippen molar-refractivity contribution in [3.8, 4) is 0 Å². The molecule has 2 heterocycles. The first-order chi connectivity index (χ1) is 18.3. The molecule has 3 amide bonds. The van der Waals surface area contributed by atoms with Crippen LogP contribution in [0, 0.1) is 5.92 Å². The number of primary amides is 1. The van der Waals surface area contributed by atoms with Crippen LogP contribution in [0.2, 0.25) is 5.02 Å². The maximum Gasteiger partial charge on any atom is 0.273 e. The van der Waals surface area contributed by atoms with Gasteiger partial charge in [0.15, 0.2) is 5.69 Å². The van der Waals surface area contributed by atoms with Crippen LogP contribution in [-0.4, -0.2) is 84.7 Å². The number of ether oxygens (including phenoxy) is 2. The third kappa shape index (κ3) is 6.28. The highest BCUT2D eigenvalue weighted by molar-refractivity contribution is 6.33. The van der Waals surface area contributed by atoms with Gasteiger partial charge in [-0.2, -0.15) is 0 Å². The first-order valence-corrected chi connectivity index (χ1v) is 13.3. The number of rotatable bonds is 9. The predicted molar refractivity (Wildman–Crippen MR) is 143 cm³/mol. The van der Waals surface area contributed by atoms with E-state index in [1.165, 1.54) is 6.33 Å². The van der Waals surface area contributed by atoms with Crippen molar-refractivity contribution < 1.29 is 23.9 Å². The molecule has 12 heteroatoms. The molecule has 4 N–H and O–H groups in total. The molecule has 38 heavy (non-hydrogen) atoms. The first-order valence-electron chi connectivity index (χ1n) is 12.9. The number of hydrogen-bond acceptors (Lipinski definition) is 7. The van der Waals surface area contributed by atoms with Crippen LogP contribution in [0.25, 0.3) is 0 Å². The molecule has 1 aromatic heterocycles. The average Bonchev–Trinajstić information content (AvgIpc) is 3.42. The molecule has 2 aromatic rings. The van der Waals surface area contributed by atoms with Gasteiger partial charge in [0.2, 0.25) is 5.91 Å². The number of aromatic nitrogens is 2. The van der Waals surface area contributed by atoms with E-state index in [4.69, 9.17) is 26.8 Å². The van der Waals surface area contributed by atoms with Gasteiger partial charge in [-0.05, 0) is 50.8 Å². The molecule has 1 aliphatic heterocycles. The zero-order valence-electron chi connectivity index (χ0n) is 21.7. The Morgan fingerprint density at radius 2 is 1.97 bits per heavy atom. The van der Waals surface area contributed by atoms with E-state index in [2.05, 4.69) is 20.2 Å². The number of halogens is 1. The minimum Gasteiger partial charge on any atom is -0.383 e. The number of anilines is 2. The molecule has 1 saturated heterocycles. The molecule has 1 aromatic carbocycles. The number of benzene rings is 1. The zero-order valence-corrected chi connectivity index (χ0v) is 22.5. The Bertz CT molecular complexity index is 1140. The maximum absolute atomic E-state index is 13.5. The minimum atomic E-state index is -0.773. The van der Waals surface area contributed by atoms with Crippen LogP contribution in [-0.2, 0) is 14.3 Å². The second-order valence-electron chi connectivity index (χ2n) is 9.77. The lowest BCUT2D eigenvalue weighted by Crippen LogP contribution is -2.50. The number of aromatic amines is 1. The average molecular weight is 547 g/mol. The van der Waals surface area contributed by atoms with E-state index in [0.29, 0.717) is 56.2 Å². The van der Waals surface area contributed by atoms with Crippen LogP contribution in [0.3, 0.4) is 0 Å². The molecule has 0 spiro atoms. The van der Waals surface area contributed by atoms with E-state index in [-0.39, 0.29) is 41.2 Å². The van der Waals surface area contributed by atoms with E-state index >= 15 is 0 Å². The molecule has 4 rings (SSSR count). The fourth-order valence-electron chi connectivity index (χ4n) is 5.30. The van der Waals surface area contributed by atoms with Gasteiger partial charge in [0.25, 0.3) is 11.8 Å². The fourth-order valence-corrected chi connectivity index (χ4v) is 5.46. The molecule has 11 nitrogen and oxygen atoms in total. The molecular formula is C26H35ClN6O5. The van der Waals surface area contributed by atoms with Gasteiger partial charge >= 0.3 is 0 Å². The van der Waals surface area contributed by atoms with Crippen molar-refractivity contribution in [1.82, 2.24) is 14.9 Å². The van der Waals surface area contributed by atoms with Crippen LogP contribution in [0.5, 0.6) is 0 Å². The summed E-state index contributed by atoms with van der Waals surface area (Å²) in [5.41, 5.74) is 6.97. The number of nitrogens with two attached hydrogens (primary N) is 1. The second kappa shape index (κ2) is 12.6. The number of morpholine rings is 1. The molecule has 206 valence electrons. The number of carbonyl (C=O) groups is 3. The number of H-pyrrole nitrogens is 1. The highest BCUT2D eigenvalue weighted by Gasteiger charge is 2.36. The Morgan fingerprint density at radius 3 is 2.63 bits per heavy atom. The Labute approximate surface area is 227 Å². The van der Waals surface area contributed by atoms with Gasteiger partial charge in [0.05, 0.1) is 42.9 Å². The Balaban J connectivity index is 1.42. The summed E-state index contributed by atoms with van der Waals surface area (Å²) in [7, 11) is 1.57. The molecule has 1 saturated carbocycles. The van der Waals surface area contributed by atoms with Crippen molar-refractivity contribution >= 4 is 40.7 Å². The summed E-state index contributed by atoms with van der Waals surface area (Å²) in [4.78, 5) is 49.0. The number of methoxy groups -OCH3 is 1. The summed E-state index contributed by atoms with van der Waals surface area (Å²) in [5.74, 6) is -1.43. The van der Waals surface area contributed by atoms with Gasteiger partial charge < -0.3 is 35.3 Å². The minimum absolute atomic E-state index is 0.0649. The molecule has 2 aliphatic rings. The SMILES string of the molecule is COCC(C)N(C(=O)c1[nH]cnc1C(N)=O)C1CCC(C(=O)Nc2cc(N3CCOCC3)ccc2Cl)CC1. The van der Waals surface area contributed by atoms with E-state index in [9.17, 15) is 14.4 Å². The van der Waals surface area contributed by atoms with Gasteiger partial charge in [-0.25, -0.2) is 4.98 Å². The van der Waals surface area contributed by atoms with Gasteiger partial charge in [-0.3, -0.25) is 14.4 Å². The van der Waals surface area contributed by atoms with E-state index in [0.717, 1.165) is 18.8 Å². The van der Waals surface area contributed by atoms with Crippen LogP contribution in [0.15, 0.2) is 24.5 Å². The fraction of sp³-hybridized carbons (Fsp3) is 0.538. The lowest BCUT2D eigenvalue weighted by atomic mass is 9.84. The highest BCUT2D eigenvalue weighted by atomic mass is 35.5. The van der Waals surface area contributed by atoms with Crippen molar-refractivity contribution in [3.05, 3.63) is 40.9 Å². The largest absolute Gasteiger partial charge is 0.383 e. The molecular weight excluding hydrogens is 512 g/mol. The lowest BCUT2D eigenvalue weighted by Gasteiger charge is -2.39. The van der Waals surface area contributed by atoms with E-state index in [1.807, 2.05) is 19.1 Å². The number of nitrogens with one attached hydrogen (secondary N) is 2. The quantitative estimate of drug-likeness (QED) is 0.438. The zero-order chi connectivity index (χ0) is 27.2. The summed E-state index contributed by atoms with van der Waals surface area (Å²) >= 11 is 6.41. The lowest BCUT2D eigenvalue weighted by molar-refractivity contribution is -0.121. The number of nitrogens with zero attached hydrogens (tertiary/aromatic N) is 3. The molecule has 1 atom stereocenters. The summed E-state index contributed by atoms with van der Waals surface area (Å²) in [6.45, 7) is 5.12. The van der Waals surface area contributed by atoms with Crippen LogP contribution >= 0.6 is 11.6 Å². The third-order valence-electron chi connectivity index (χ3n) is 7.25. The standard InChI is InChI=1S/C26H35ClN6O5/c1-16(14-37-2)33(26(36)23-22(24(28)34)29-15-30-23)18-5-3-17(4-6-18)25(35)31-21-13-19(7-8-20(21)27)32-9-11-38-12-10-32/h7-8,13,15-18H,3-6,9-12,14H2,1-2H3,(H2,28,34)(H,29,30)(H,31,35). The van der Waals surface area contributed by atoms with E-state index < -0.39 is 5.91 Å². The van der Waals surface area contributed by atoms with Crippen molar-refractivity contribution in [2.75, 3.05) is 50.2 Å². The first kappa shape index (κ1) is 27.9. The normalized spacial score (nSPS) is 20.6. The maximum atomic E-state index is 13.5. The van der Waals surface area contributed by atoms with Gasteiger partial charge in [0, 0.05) is 37.8 Å². The van der Waals surface area contributed by atoms with Crippen molar-refractivity contribution in [2.24, 2.45) is 11.7 Å². The smallest absolute Gasteiger partial charge is 0.273 e. The van der Waals surface area contributed by atoms with Crippen LogP contribution in [0.4, 0.5) is 11.4 Å². The molecule has 0 bridgehead atoms. The Kier molecular flexibility index (Phi) is 9.24. The summed E-state index contributed by atoms with van der Waals surface area (Å²) in [6.07, 6.45) is 3.74. The van der Waals surface area contributed by atoms with Crippen molar-refractivity contribution in [3.63, 3.8) is 0 Å². The van der Waals surface area contributed by atoms with Crippen LogP contribution in [0.1, 0.15) is 53.6 Å². The number of hydrogen-bond donors (Lipinski definition) is 3. The number of amides is 3. The van der Waals surface area contributed by atoms with Gasteiger partial charge in [-0.15, -0.1) is 0 Å².